The van der Waals surface area contributed by atoms with Crippen LogP contribution in [0, 0.1) is 11.3 Å². The number of anilines is 1. The highest BCUT2D eigenvalue weighted by Gasteiger charge is 2.48. The summed E-state index contributed by atoms with van der Waals surface area (Å²) < 4.78 is 10.4. The lowest BCUT2D eigenvalue weighted by atomic mass is 10.1. The van der Waals surface area contributed by atoms with Crippen LogP contribution in [0.2, 0.25) is 0 Å². The van der Waals surface area contributed by atoms with Crippen molar-refractivity contribution in [3.8, 4) is 17.6 Å². The van der Waals surface area contributed by atoms with Crippen LogP contribution in [0.3, 0.4) is 0 Å². The van der Waals surface area contributed by atoms with Crippen LogP contribution >= 0.6 is 0 Å². The summed E-state index contributed by atoms with van der Waals surface area (Å²) in [5.74, 6) is -0.322. The molecule has 2 amide bonds. The minimum atomic E-state index is -2.02. The molecule has 2 N–H and O–H groups in total. The third kappa shape index (κ3) is 2.89. The molecule has 1 aliphatic rings. The summed E-state index contributed by atoms with van der Waals surface area (Å²) >= 11 is 0. The Bertz CT molecular complexity index is 753. The quantitative estimate of drug-likeness (QED) is 0.820. The molecule has 0 radical (unpaired) electrons. The second-order valence-corrected chi connectivity index (χ2v) is 5.10. The molecule has 0 saturated heterocycles. The van der Waals surface area contributed by atoms with Crippen LogP contribution in [-0.4, -0.2) is 36.9 Å². The molecule has 0 unspecified atom stereocenters. The van der Waals surface area contributed by atoms with Gasteiger partial charge in [-0.25, -0.2) is 0 Å². The molecular formula is C16H17N3O5. The lowest BCUT2D eigenvalue weighted by Crippen LogP contribution is -2.51. The maximum absolute atomic E-state index is 12.5. The van der Waals surface area contributed by atoms with Crippen molar-refractivity contribution in [2.24, 2.45) is 0 Å². The van der Waals surface area contributed by atoms with E-state index in [4.69, 9.17) is 14.7 Å². The summed E-state index contributed by atoms with van der Waals surface area (Å²) in [6, 6.07) is 6.54. The number of nitriles is 1. The van der Waals surface area contributed by atoms with Crippen molar-refractivity contribution < 1.29 is 24.2 Å². The number of amides is 2. The zero-order valence-corrected chi connectivity index (χ0v) is 13.5. The second kappa shape index (κ2) is 6.60. The maximum atomic E-state index is 12.5. The van der Waals surface area contributed by atoms with E-state index >= 15 is 0 Å². The zero-order valence-electron chi connectivity index (χ0n) is 13.5. The molecule has 1 atom stereocenters. The first-order valence-corrected chi connectivity index (χ1v) is 7.02. The Hall–Kier alpha value is -3.05. The molecule has 0 spiro atoms. The number of methoxy groups -OCH3 is 2. The maximum Gasteiger partial charge on any atom is 0.255 e. The number of nitrogens with zero attached hydrogens (tertiary/aromatic N) is 2. The molecule has 126 valence electrons. The zero-order chi connectivity index (χ0) is 17.9. The summed E-state index contributed by atoms with van der Waals surface area (Å²) in [6.45, 7) is 1.24. The predicted octanol–water partition coefficient (Wildman–Crippen LogP) is 0.673. The minimum Gasteiger partial charge on any atom is -0.497 e. The van der Waals surface area contributed by atoms with Gasteiger partial charge in [0.2, 0.25) is 5.91 Å². The smallest absolute Gasteiger partial charge is 0.255 e. The molecule has 1 aromatic carbocycles. The number of aliphatic hydroxyl groups is 1. The minimum absolute atomic E-state index is 0.0635. The standard InChI is InChI=1S/C16H17N3O5/c1-10(20)18-14-9-15(21)19(16(14,22)6-7-17)12-8-11(23-2)4-5-13(12)24-3/h4-5,8-9,22H,6H2,1-3H3,(H,18,20)/t16-/m0/s1. The molecular weight excluding hydrogens is 314 g/mol. The molecule has 0 bridgehead atoms. The fourth-order valence-electron chi connectivity index (χ4n) is 2.51. The van der Waals surface area contributed by atoms with Gasteiger partial charge in [0.15, 0.2) is 5.72 Å². The summed E-state index contributed by atoms with van der Waals surface area (Å²) in [7, 11) is 2.87. The van der Waals surface area contributed by atoms with Gasteiger partial charge in [0, 0.05) is 19.1 Å². The highest BCUT2D eigenvalue weighted by atomic mass is 16.5. The molecule has 1 aliphatic heterocycles. The molecule has 1 aromatic rings. The number of benzene rings is 1. The van der Waals surface area contributed by atoms with E-state index in [1.54, 1.807) is 12.1 Å². The first kappa shape index (κ1) is 17.3. The van der Waals surface area contributed by atoms with Gasteiger partial charge in [-0.3, -0.25) is 14.5 Å². The van der Waals surface area contributed by atoms with Gasteiger partial charge in [0.1, 0.15) is 11.5 Å². The summed E-state index contributed by atoms with van der Waals surface area (Å²) in [4.78, 5) is 24.8. The van der Waals surface area contributed by atoms with Crippen molar-refractivity contribution in [3.05, 3.63) is 30.0 Å². The first-order valence-electron chi connectivity index (χ1n) is 7.02. The molecule has 0 aliphatic carbocycles. The Labute approximate surface area is 138 Å². The van der Waals surface area contributed by atoms with Crippen LogP contribution in [0.1, 0.15) is 13.3 Å². The molecule has 8 heteroatoms. The lowest BCUT2D eigenvalue weighted by molar-refractivity contribution is -0.119. The van der Waals surface area contributed by atoms with Crippen molar-refractivity contribution in [2.75, 3.05) is 19.1 Å². The van der Waals surface area contributed by atoms with E-state index in [0.717, 1.165) is 11.0 Å². The van der Waals surface area contributed by atoms with Gasteiger partial charge in [0.05, 0.1) is 38.1 Å². The monoisotopic (exact) mass is 331 g/mol. The third-order valence-electron chi connectivity index (χ3n) is 3.55. The normalized spacial score (nSPS) is 19.5. The van der Waals surface area contributed by atoms with Crippen LogP contribution in [0.15, 0.2) is 30.0 Å². The highest BCUT2D eigenvalue weighted by molar-refractivity contribution is 6.08. The highest BCUT2D eigenvalue weighted by Crippen LogP contribution is 2.41. The lowest BCUT2D eigenvalue weighted by Gasteiger charge is -2.35. The molecule has 0 fully saturated rings. The van der Waals surface area contributed by atoms with Crippen LogP contribution in [0.5, 0.6) is 11.5 Å². The van der Waals surface area contributed by atoms with Crippen LogP contribution in [0.4, 0.5) is 5.69 Å². The SMILES string of the molecule is COc1ccc(OC)c(N2C(=O)C=C(NC(C)=O)[C@@]2(O)CC#N)c1. The van der Waals surface area contributed by atoms with Crippen LogP contribution < -0.4 is 19.7 Å². The van der Waals surface area contributed by atoms with E-state index in [9.17, 15) is 14.7 Å². The Kier molecular flexibility index (Phi) is 4.76. The number of nitrogens with one attached hydrogen (secondary N) is 1. The van der Waals surface area contributed by atoms with Crippen molar-refractivity contribution in [1.29, 1.82) is 5.26 Å². The van der Waals surface area contributed by atoms with E-state index < -0.39 is 24.0 Å². The molecule has 24 heavy (non-hydrogen) atoms. The molecule has 8 nitrogen and oxygen atoms in total. The molecule has 0 saturated carbocycles. The predicted molar refractivity (Wildman–Crippen MR) is 84.1 cm³/mol. The number of hydrogen-bond acceptors (Lipinski definition) is 6. The Balaban J connectivity index is 2.59. The van der Waals surface area contributed by atoms with Gasteiger partial charge < -0.3 is 19.9 Å². The Morgan fingerprint density at radius 2 is 2.12 bits per heavy atom. The van der Waals surface area contributed by atoms with Gasteiger partial charge >= 0.3 is 0 Å². The average molecular weight is 331 g/mol. The third-order valence-corrected chi connectivity index (χ3v) is 3.55. The topological polar surface area (TPSA) is 112 Å². The van der Waals surface area contributed by atoms with Crippen molar-refractivity contribution >= 4 is 17.5 Å². The van der Waals surface area contributed by atoms with Gasteiger partial charge in [-0.15, -0.1) is 0 Å². The van der Waals surface area contributed by atoms with E-state index in [1.165, 1.54) is 27.2 Å². The Morgan fingerprint density at radius 1 is 1.42 bits per heavy atom. The number of ether oxygens (including phenoxy) is 2. The van der Waals surface area contributed by atoms with Gasteiger partial charge in [-0.2, -0.15) is 5.26 Å². The van der Waals surface area contributed by atoms with Crippen molar-refractivity contribution in [2.45, 2.75) is 19.1 Å². The Morgan fingerprint density at radius 3 is 2.67 bits per heavy atom. The van der Waals surface area contributed by atoms with E-state index in [2.05, 4.69) is 5.32 Å². The van der Waals surface area contributed by atoms with Gasteiger partial charge in [-0.1, -0.05) is 0 Å². The fourth-order valence-corrected chi connectivity index (χ4v) is 2.51. The number of hydrogen-bond donors (Lipinski definition) is 2. The second-order valence-electron chi connectivity index (χ2n) is 5.10. The fraction of sp³-hybridized carbons (Fsp3) is 0.312. The van der Waals surface area contributed by atoms with Crippen molar-refractivity contribution in [1.82, 2.24) is 5.32 Å². The number of rotatable bonds is 5. The summed E-state index contributed by atoms with van der Waals surface area (Å²) in [5.41, 5.74) is -1.86. The van der Waals surface area contributed by atoms with E-state index in [0.29, 0.717) is 11.5 Å². The number of carbonyl (C=O) groups is 2. The molecule has 1 heterocycles. The summed E-state index contributed by atoms with van der Waals surface area (Å²) in [5, 5.41) is 22.4. The van der Waals surface area contributed by atoms with Crippen LogP contribution in [0.25, 0.3) is 0 Å². The van der Waals surface area contributed by atoms with E-state index in [1.807, 2.05) is 6.07 Å². The number of carbonyl (C=O) groups excluding carboxylic acids is 2. The first-order chi connectivity index (χ1) is 11.4. The molecule has 0 aromatic heterocycles. The van der Waals surface area contributed by atoms with Gasteiger partial charge in [-0.05, 0) is 12.1 Å². The largest absolute Gasteiger partial charge is 0.497 e. The van der Waals surface area contributed by atoms with Crippen LogP contribution in [-0.2, 0) is 9.59 Å². The summed E-state index contributed by atoms with van der Waals surface area (Å²) in [6.07, 6.45) is 0.642. The molecule has 2 rings (SSSR count). The van der Waals surface area contributed by atoms with Gasteiger partial charge in [0.25, 0.3) is 5.91 Å². The van der Waals surface area contributed by atoms with Crippen molar-refractivity contribution in [3.63, 3.8) is 0 Å². The van der Waals surface area contributed by atoms with E-state index in [-0.39, 0.29) is 11.4 Å². The average Bonchev–Trinajstić information content (AvgIpc) is 2.76.